The van der Waals surface area contributed by atoms with Gasteiger partial charge in [-0.15, -0.1) is 0 Å². The average molecular weight is 461 g/mol. The van der Waals surface area contributed by atoms with Gasteiger partial charge in [-0.25, -0.2) is 9.97 Å². The number of hydrogen-bond donors (Lipinski definition) is 1. The Kier molecular flexibility index (Phi) is 5.42. The zero-order chi connectivity index (χ0) is 24.0. The molecule has 0 bridgehead atoms. The minimum absolute atomic E-state index is 0.121. The van der Waals surface area contributed by atoms with Gasteiger partial charge in [-0.3, -0.25) is 0 Å². The molecule has 0 unspecified atom stereocenters. The summed E-state index contributed by atoms with van der Waals surface area (Å²) in [4.78, 5) is 9.97. The molecule has 1 aliphatic rings. The highest BCUT2D eigenvalue weighted by atomic mass is 15.1. The van der Waals surface area contributed by atoms with Gasteiger partial charge >= 0.3 is 0 Å². The van der Waals surface area contributed by atoms with E-state index in [-0.39, 0.29) is 5.41 Å². The molecule has 0 saturated carbocycles. The van der Waals surface area contributed by atoms with Crippen LogP contribution in [0.1, 0.15) is 45.2 Å². The van der Waals surface area contributed by atoms with Crippen molar-refractivity contribution < 1.29 is 0 Å². The van der Waals surface area contributed by atoms with E-state index in [1.165, 1.54) is 27.5 Å². The number of nitrogens with one attached hydrogen (secondary N) is 1. The number of piperidine rings is 1. The number of nitrogens with zero attached hydrogens (tertiary/aromatic N) is 3. The Bertz CT molecular complexity index is 1500. The van der Waals surface area contributed by atoms with E-state index in [9.17, 15) is 0 Å². The quantitative estimate of drug-likeness (QED) is 0.311. The van der Waals surface area contributed by atoms with Gasteiger partial charge in [-0.1, -0.05) is 81.4 Å². The highest BCUT2D eigenvalue weighted by molar-refractivity contribution is 6.01. The third-order valence-corrected chi connectivity index (χ3v) is 7.39. The Morgan fingerprint density at radius 2 is 1.54 bits per heavy atom. The fourth-order valence-corrected chi connectivity index (χ4v) is 5.33. The van der Waals surface area contributed by atoms with Gasteiger partial charge in [0.2, 0.25) is 0 Å². The number of rotatable bonds is 3. The minimum Gasteiger partial charge on any atom is -0.317 e. The van der Waals surface area contributed by atoms with Crippen molar-refractivity contribution in [2.75, 3.05) is 13.1 Å². The van der Waals surface area contributed by atoms with Crippen LogP contribution >= 0.6 is 0 Å². The lowest BCUT2D eigenvalue weighted by Crippen LogP contribution is -2.29. The van der Waals surface area contributed by atoms with E-state index < -0.39 is 0 Å². The van der Waals surface area contributed by atoms with Crippen molar-refractivity contribution in [3.05, 3.63) is 84.8 Å². The van der Waals surface area contributed by atoms with Gasteiger partial charge in [-0.05, 0) is 64.9 Å². The van der Waals surface area contributed by atoms with Gasteiger partial charge in [0.05, 0.1) is 6.33 Å². The standard InChI is InChI=1S/C31H32N4/c1-31(2,3)25-12-10-22(11-13-25)27-19-33-30-29(34-20-35(30)26-14-16-32-17-15-26)28(27)24-9-8-21-6-4-5-7-23(21)18-24/h4-13,18-20,26,32H,14-17H2,1-3H3. The zero-order valence-corrected chi connectivity index (χ0v) is 20.8. The first-order valence-electron chi connectivity index (χ1n) is 12.7. The highest BCUT2D eigenvalue weighted by Crippen LogP contribution is 2.39. The number of benzene rings is 3. The van der Waals surface area contributed by atoms with Crippen molar-refractivity contribution in [3.63, 3.8) is 0 Å². The van der Waals surface area contributed by atoms with Crippen molar-refractivity contribution in [2.45, 2.75) is 45.1 Å². The van der Waals surface area contributed by atoms with E-state index in [1.807, 2.05) is 6.33 Å². The van der Waals surface area contributed by atoms with E-state index in [4.69, 9.17) is 9.97 Å². The van der Waals surface area contributed by atoms with Crippen LogP contribution in [-0.4, -0.2) is 27.6 Å². The summed E-state index contributed by atoms with van der Waals surface area (Å²) in [5.41, 5.74) is 8.06. The lowest BCUT2D eigenvalue weighted by atomic mass is 9.85. The van der Waals surface area contributed by atoms with Crippen molar-refractivity contribution >= 4 is 21.9 Å². The molecule has 1 fully saturated rings. The van der Waals surface area contributed by atoms with Crippen molar-refractivity contribution in [2.24, 2.45) is 0 Å². The third-order valence-electron chi connectivity index (χ3n) is 7.39. The molecule has 3 aromatic carbocycles. The van der Waals surface area contributed by atoms with E-state index in [2.05, 4.69) is 104 Å². The monoisotopic (exact) mass is 460 g/mol. The molecule has 1 N–H and O–H groups in total. The predicted octanol–water partition coefficient (Wildman–Crippen LogP) is 7.14. The molecule has 2 aromatic heterocycles. The fourth-order valence-electron chi connectivity index (χ4n) is 5.33. The molecule has 0 aliphatic carbocycles. The smallest absolute Gasteiger partial charge is 0.160 e. The number of aromatic nitrogens is 3. The molecular formula is C31H32N4. The average Bonchev–Trinajstić information content (AvgIpc) is 3.32. The highest BCUT2D eigenvalue weighted by Gasteiger charge is 2.22. The second kappa shape index (κ2) is 8.62. The Hall–Kier alpha value is -3.50. The number of pyridine rings is 1. The van der Waals surface area contributed by atoms with Crippen LogP contribution in [0.25, 0.3) is 44.2 Å². The largest absolute Gasteiger partial charge is 0.317 e. The van der Waals surface area contributed by atoms with Crippen LogP contribution in [-0.2, 0) is 5.41 Å². The molecular weight excluding hydrogens is 428 g/mol. The van der Waals surface area contributed by atoms with Crippen LogP contribution in [0.2, 0.25) is 0 Å². The normalized spacial score (nSPS) is 15.2. The van der Waals surface area contributed by atoms with Gasteiger partial charge < -0.3 is 9.88 Å². The molecule has 0 radical (unpaired) electrons. The fraction of sp³-hybridized carbons (Fsp3) is 0.290. The number of fused-ring (bicyclic) bond motifs is 2. The van der Waals surface area contributed by atoms with E-state index in [0.717, 1.165) is 48.2 Å². The maximum atomic E-state index is 4.99. The molecule has 0 atom stereocenters. The van der Waals surface area contributed by atoms with Gasteiger partial charge in [0.15, 0.2) is 5.65 Å². The minimum atomic E-state index is 0.121. The molecule has 0 amide bonds. The summed E-state index contributed by atoms with van der Waals surface area (Å²) in [6.45, 7) is 8.84. The Morgan fingerprint density at radius 3 is 2.29 bits per heavy atom. The van der Waals surface area contributed by atoms with Crippen LogP contribution in [0.3, 0.4) is 0 Å². The second-order valence-corrected chi connectivity index (χ2v) is 10.7. The van der Waals surface area contributed by atoms with Crippen LogP contribution in [0.5, 0.6) is 0 Å². The molecule has 176 valence electrons. The first-order valence-corrected chi connectivity index (χ1v) is 12.7. The molecule has 1 saturated heterocycles. The summed E-state index contributed by atoms with van der Waals surface area (Å²) in [7, 11) is 0. The first kappa shape index (κ1) is 22.0. The predicted molar refractivity (Wildman–Crippen MR) is 146 cm³/mol. The molecule has 5 aromatic rings. The van der Waals surface area contributed by atoms with E-state index in [0.29, 0.717) is 6.04 Å². The van der Waals surface area contributed by atoms with Crippen LogP contribution in [0.4, 0.5) is 0 Å². The number of imidazole rings is 1. The van der Waals surface area contributed by atoms with Crippen LogP contribution in [0, 0.1) is 0 Å². The lowest BCUT2D eigenvalue weighted by Gasteiger charge is -2.24. The van der Waals surface area contributed by atoms with Gasteiger partial charge in [0.1, 0.15) is 5.52 Å². The molecule has 0 spiro atoms. The Morgan fingerprint density at radius 1 is 0.829 bits per heavy atom. The molecule has 6 rings (SSSR count). The topological polar surface area (TPSA) is 42.7 Å². The third kappa shape index (κ3) is 4.02. The Labute approximate surface area is 207 Å². The van der Waals surface area contributed by atoms with Crippen molar-refractivity contribution in [1.82, 2.24) is 19.9 Å². The molecule has 3 heterocycles. The molecule has 35 heavy (non-hydrogen) atoms. The maximum absolute atomic E-state index is 4.99. The summed E-state index contributed by atoms with van der Waals surface area (Å²) in [6, 6.07) is 24.7. The van der Waals surface area contributed by atoms with Crippen molar-refractivity contribution in [1.29, 1.82) is 0 Å². The summed E-state index contributed by atoms with van der Waals surface area (Å²) in [5.74, 6) is 0. The molecule has 1 aliphatic heterocycles. The number of hydrogen-bond acceptors (Lipinski definition) is 3. The van der Waals surface area contributed by atoms with Gasteiger partial charge in [0.25, 0.3) is 0 Å². The maximum Gasteiger partial charge on any atom is 0.160 e. The van der Waals surface area contributed by atoms with E-state index >= 15 is 0 Å². The summed E-state index contributed by atoms with van der Waals surface area (Å²) < 4.78 is 2.30. The summed E-state index contributed by atoms with van der Waals surface area (Å²) >= 11 is 0. The first-order chi connectivity index (χ1) is 17.0. The van der Waals surface area contributed by atoms with Gasteiger partial charge in [0, 0.05) is 23.4 Å². The summed E-state index contributed by atoms with van der Waals surface area (Å²) in [6.07, 6.45) is 6.27. The van der Waals surface area contributed by atoms with E-state index in [1.54, 1.807) is 0 Å². The lowest BCUT2D eigenvalue weighted by molar-refractivity contribution is 0.373. The Balaban J connectivity index is 1.56. The zero-order valence-electron chi connectivity index (χ0n) is 20.8. The summed E-state index contributed by atoms with van der Waals surface area (Å²) in [5, 5.41) is 5.96. The van der Waals surface area contributed by atoms with Gasteiger partial charge in [-0.2, -0.15) is 0 Å². The van der Waals surface area contributed by atoms with Crippen LogP contribution < -0.4 is 5.32 Å². The van der Waals surface area contributed by atoms with Crippen LogP contribution in [0.15, 0.2) is 79.3 Å². The second-order valence-electron chi connectivity index (χ2n) is 10.7. The molecule has 4 nitrogen and oxygen atoms in total. The SMILES string of the molecule is CC(C)(C)c1ccc(-c2cnc3c(ncn3C3CCNCC3)c2-c2ccc3ccccc3c2)cc1. The van der Waals surface area contributed by atoms with Crippen molar-refractivity contribution in [3.8, 4) is 22.3 Å². The molecule has 4 heteroatoms.